The van der Waals surface area contributed by atoms with Gasteiger partial charge in [0.15, 0.2) is 5.11 Å². The summed E-state index contributed by atoms with van der Waals surface area (Å²) in [6.45, 7) is 5.03. The molecule has 1 aromatic heterocycles. The average molecular weight is 669 g/mol. The normalized spacial score (nSPS) is 12.6. The fourth-order valence-corrected chi connectivity index (χ4v) is 5.78. The number of alkyl halides is 3. The molecule has 0 radical (unpaired) electrons. The number of amides is 1. The Labute approximate surface area is 283 Å². The van der Waals surface area contributed by atoms with Gasteiger partial charge in [0.25, 0.3) is 0 Å². The molecule has 11 heteroatoms. The molecular formula is C37H35F3N6OS. The van der Waals surface area contributed by atoms with Crippen LogP contribution in [-0.2, 0) is 30.5 Å². The second kappa shape index (κ2) is 14.7. The summed E-state index contributed by atoms with van der Waals surface area (Å²) in [6, 6.07) is 28.2. The highest BCUT2D eigenvalue weighted by molar-refractivity contribution is 7.80. The van der Waals surface area contributed by atoms with Gasteiger partial charge in [-0.1, -0.05) is 67.6 Å². The number of fused-ring (bicyclic) bond motifs is 1. The van der Waals surface area contributed by atoms with Crippen LogP contribution in [0.5, 0.6) is 0 Å². The van der Waals surface area contributed by atoms with E-state index in [0.717, 1.165) is 39.7 Å². The van der Waals surface area contributed by atoms with Crippen LogP contribution in [0.3, 0.4) is 0 Å². The maximum atomic E-state index is 13.5. The van der Waals surface area contributed by atoms with Crippen LogP contribution < -0.4 is 10.6 Å². The van der Waals surface area contributed by atoms with E-state index in [9.17, 15) is 18.0 Å². The molecule has 0 fully saturated rings. The van der Waals surface area contributed by atoms with Crippen molar-refractivity contribution < 1.29 is 18.0 Å². The largest absolute Gasteiger partial charge is 0.416 e. The Kier molecular flexibility index (Phi) is 10.4. The lowest BCUT2D eigenvalue weighted by Crippen LogP contribution is -2.55. The molecule has 2 N–H and O–H groups in total. The van der Waals surface area contributed by atoms with Crippen molar-refractivity contribution in [1.29, 1.82) is 5.26 Å². The summed E-state index contributed by atoms with van der Waals surface area (Å²) in [6.07, 6.45) is -0.523. The third-order valence-corrected chi connectivity index (χ3v) is 8.67. The van der Waals surface area contributed by atoms with Gasteiger partial charge in [0, 0.05) is 37.2 Å². The molecule has 0 spiro atoms. The third kappa shape index (κ3) is 8.57. The predicted octanol–water partition coefficient (Wildman–Crippen LogP) is 7.70. The zero-order valence-electron chi connectivity index (χ0n) is 26.6. The Bertz CT molecular complexity index is 1940. The van der Waals surface area contributed by atoms with Crippen LogP contribution in [0.15, 0.2) is 104 Å². The van der Waals surface area contributed by atoms with Gasteiger partial charge >= 0.3 is 6.18 Å². The Hall–Kier alpha value is -5.21. The Morgan fingerprint density at radius 3 is 2.48 bits per heavy atom. The zero-order valence-corrected chi connectivity index (χ0v) is 27.4. The number of hydrogen-bond donors (Lipinski definition) is 2. The lowest BCUT2D eigenvalue weighted by molar-refractivity contribution is -0.137. The number of aromatic nitrogens is 2. The average Bonchev–Trinajstić information content (AvgIpc) is 3.50. The Morgan fingerprint density at radius 2 is 1.75 bits per heavy atom. The molecule has 1 atom stereocenters. The molecule has 7 nitrogen and oxygen atoms in total. The van der Waals surface area contributed by atoms with Crippen molar-refractivity contribution in [3.63, 3.8) is 0 Å². The fraction of sp³-hybridized carbons (Fsp3) is 0.243. The van der Waals surface area contributed by atoms with E-state index in [2.05, 4.69) is 21.7 Å². The first-order valence-electron chi connectivity index (χ1n) is 15.5. The minimum absolute atomic E-state index is 0.0854. The molecule has 246 valence electrons. The summed E-state index contributed by atoms with van der Waals surface area (Å²) >= 11 is 5.83. The number of nitrogens with zero attached hydrogens (tertiary/aromatic N) is 4. The van der Waals surface area contributed by atoms with E-state index < -0.39 is 17.3 Å². The van der Waals surface area contributed by atoms with Crippen LogP contribution in [0.1, 0.15) is 48.2 Å². The molecule has 5 aromatic rings. The number of hydrogen-bond acceptors (Lipinski definition) is 4. The van der Waals surface area contributed by atoms with E-state index in [1.54, 1.807) is 30.7 Å². The topological polar surface area (TPSA) is 86.0 Å². The van der Waals surface area contributed by atoms with Crippen LogP contribution in [0.25, 0.3) is 10.8 Å². The van der Waals surface area contributed by atoms with Gasteiger partial charge in [-0.15, -0.1) is 0 Å². The van der Waals surface area contributed by atoms with Crippen molar-refractivity contribution in [2.45, 2.75) is 51.5 Å². The predicted molar refractivity (Wildman–Crippen MR) is 185 cm³/mol. The van der Waals surface area contributed by atoms with Crippen molar-refractivity contribution in [3.05, 3.63) is 131 Å². The third-order valence-electron chi connectivity index (χ3n) is 8.31. The fourth-order valence-electron chi connectivity index (χ4n) is 5.54. The number of anilines is 1. The van der Waals surface area contributed by atoms with E-state index in [0.29, 0.717) is 25.1 Å². The summed E-state index contributed by atoms with van der Waals surface area (Å²) in [5.41, 5.74) is 1.94. The Balaban J connectivity index is 1.35. The van der Waals surface area contributed by atoms with Crippen molar-refractivity contribution >= 4 is 39.7 Å². The van der Waals surface area contributed by atoms with Crippen LogP contribution in [0.4, 0.5) is 18.9 Å². The minimum Gasteiger partial charge on any atom is -0.349 e. The molecule has 48 heavy (non-hydrogen) atoms. The van der Waals surface area contributed by atoms with Gasteiger partial charge in [0.05, 0.1) is 35.5 Å². The van der Waals surface area contributed by atoms with Gasteiger partial charge in [-0.05, 0) is 77.8 Å². The molecule has 0 aliphatic carbocycles. The molecule has 0 aliphatic heterocycles. The van der Waals surface area contributed by atoms with Crippen molar-refractivity contribution in [3.8, 4) is 6.07 Å². The van der Waals surface area contributed by atoms with E-state index in [1.807, 2.05) is 77.9 Å². The molecule has 0 bridgehead atoms. The maximum absolute atomic E-state index is 13.5. The van der Waals surface area contributed by atoms with Crippen molar-refractivity contribution in [2.24, 2.45) is 0 Å². The smallest absolute Gasteiger partial charge is 0.349 e. The molecule has 1 heterocycles. The number of rotatable bonds is 11. The van der Waals surface area contributed by atoms with E-state index in [1.165, 1.54) is 6.07 Å². The van der Waals surface area contributed by atoms with Gasteiger partial charge in [0.1, 0.15) is 0 Å². The van der Waals surface area contributed by atoms with E-state index in [-0.39, 0.29) is 29.7 Å². The second-order valence-electron chi connectivity index (χ2n) is 12.0. The van der Waals surface area contributed by atoms with Gasteiger partial charge in [0.2, 0.25) is 5.91 Å². The number of benzene rings is 4. The highest BCUT2D eigenvalue weighted by Gasteiger charge is 2.32. The van der Waals surface area contributed by atoms with Crippen LogP contribution >= 0.6 is 12.2 Å². The van der Waals surface area contributed by atoms with Crippen LogP contribution in [0, 0.1) is 11.3 Å². The van der Waals surface area contributed by atoms with E-state index in [4.69, 9.17) is 17.5 Å². The van der Waals surface area contributed by atoms with Crippen LogP contribution in [-0.4, -0.2) is 37.6 Å². The molecule has 4 aromatic carbocycles. The second-order valence-corrected chi connectivity index (χ2v) is 12.4. The highest BCUT2D eigenvalue weighted by atomic mass is 32.1. The number of carbonyl (C=O) groups excluding carboxylic acids is 1. The minimum atomic E-state index is -4.50. The number of carbonyl (C=O) groups is 1. The first-order valence-corrected chi connectivity index (χ1v) is 15.9. The first kappa shape index (κ1) is 34.1. The first-order chi connectivity index (χ1) is 23.0. The summed E-state index contributed by atoms with van der Waals surface area (Å²) in [4.78, 5) is 19.7. The van der Waals surface area contributed by atoms with Gasteiger partial charge in [-0.2, -0.15) is 18.4 Å². The number of nitrogens with one attached hydrogen (secondary N) is 2. The molecule has 1 unspecified atom stereocenters. The standard InChI is InChI=1S/C37H35F3N6OS/c1-3-36(2,44-34(47)19-32-21-42-25-46(32)22-27-16-14-26(20-41)15-17-27)24-45(23-29-10-6-9-28-8-4-5-13-33(28)29)35(48)43-31-12-7-11-30(18-31)37(38,39)40/h4-18,21,25H,3,19,22-24H2,1-2H3,(H,43,48)(H,44,47). The quantitative estimate of drug-likeness (QED) is 0.140. The van der Waals surface area contributed by atoms with Gasteiger partial charge < -0.3 is 20.1 Å². The molecule has 0 saturated heterocycles. The van der Waals surface area contributed by atoms with Gasteiger partial charge in [-0.3, -0.25) is 4.79 Å². The molecular weight excluding hydrogens is 634 g/mol. The summed E-state index contributed by atoms with van der Waals surface area (Å²) in [5, 5.41) is 17.6. The number of thiocarbonyl (C=S) groups is 1. The highest BCUT2D eigenvalue weighted by Crippen LogP contribution is 2.31. The zero-order chi connectivity index (χ0) is 34.3. The molecule has 5 rings (SSSR count). The lowest BCUT2D eigenvalue weighted by Gasteiger charge is -2.37. The number of nitriles is 1. The summed E-state index contributed by atoms with van der Waals surface area (Å²) in [5.74, 6) is -0.206. The summed E-state index contributed by atoms with van der Waals surface area (Å²) in [7, 11) is 0. The Morgan fingerprint density at radius 1 is 1.02 bits per heavy atom. The maximum Gasteiger partial charge on any atom is 0.416 e. The SMILES string of the molecule is CCC(C)(CN(Cc1cccc2ccccc12)C(=S)Nc1cccc(C(F)(F)F)c1)NC(=O)Cc1cncn1Cc1ccc(C#N)cc1. The molecule has 0 aliphatic rings. The molecule has 0 saturated carbocycles. The van der Waals surface area contributed by atoms with Crippen molar-refractivity contribution in [1.82, 2.24) is 19.8 Å². The van der Waals surface area contributed by atoms with Crippen molar-refractivity contribution in [2.75, 3.05) is 11.9 Å². The lowest BCUT2D eigenvalue weighted by atomic mass is 9.96. The van der Waals surface area contributed by atoms with Gasteiger partial charge in [-0.25, -0.2) is 4.98 Å². The number of halogens is 3. The summed E-state index contributed by atoms with van der Waals surface area (Å²) < 4.78 is 42.3. The molecule has 1 amide bonds. The number of imidazole rings is 1. The monoisotopic (exact) mass is 668 g/mol. The van der Waals surface area contributed by atoms with Crippen LogP contribution in [0.2, 0.25) is 0 Å². The van der Waals surface area contributed by atoms with E-state index >= 15 is 0 Å².